The van der Waals surface area contributed by atoms with E-state index in [9.17, 15) is 4.79 Å². The zero-order valence-electron chi connectivity index (χ0n) is 7.76. The normalized spacial score (nSPS) is 9.47. The SMILES string of the molecule is C=CC(=C)NC(=O)c1cnc(Cl)c(Br)c1. The molecule has 0 aliphatic rings. The number of carbonyl (C=O) groups is 1. The van der Waals surface area contributed by atoms with Crippen LogP contribution in [-0.2, 0) is 0 Å². The van der Waals surface area contributed by atoms with Crippen LogP contribution < -0.4 is 5.32 Å². The van der Waals surface area contributed by atoms with Gasteiger partial charge in [0.05, 0.1) is 10.0 Å². The largest absolute Gasteiger partial charge is 0.323 e. The molecule has 5 heteroatoms. The first-order valence-corrected chi connectivity index (χ1v) is 5.15. The molecule has 78 valence electrons. The molecule has 0 aliphatic heterocycles. The molecule has 0 fully saturated rings. The summed E-state index contributed by atoms with van der Waals surface area (Å²) < 4.78 is 0.570. The number of hydrogen-bond donors (Lipinski definition) is 1. The van der Waals surface area contributed by atoms with Gasteiger partial charge in [0.25, 0.3) is 5.91 Å². The van der Waals surface area contributed by atoms with Gasteiger partial charge in [-0.3, -0.25) is 4.79 Å². The molecule has 0 saturated carbocycles. The molecule has 0 saturated heterocycles. The highest BCUT2D eigenvalue weighted by molar-refractivity contribution is 9.10. The van der Waals surface area contributed by atoms with Crippen molar-refractivity contribution in [2.45, 2.75) is 0 Å². The maximum Gasteiger partial charge on any atom is 0.257 e. The van der Waals surface area contributed by atoms with Crippen LogP contribution in [0.5, 0.6) is 0 Å². The monoisotopic (exact) mass is 286 g/mol. The fourth-order valence-corrected chi connectivity index (χ4v) is 1.27. The standard InChI is InChI=1S/C10H8BrClN2O/c1-3-6(2)14-10(15)7-4-8(11)9(12)13-5-7/h3-5H,1-2H2,(H,14,15). The number of hydrogen-bond acceptors (Lipinski definition) is 2. The summed E-state index contributed by atoms with van der Waals surface area (Å²) in [6, 6.07) is 1.58. The molecule has 0 spiro atoms. The lowest BCUT2D eigenvalue weighted by Crippen LogP contribution is -2.21. The Labute approximate surface area is 101 Å². The van der Waals surface area contributed by atoms with Crippen molar-refractivity contribution >= 4 is 33.4 Å². The van der Waals surface area contributed by atoms with Crippen molar-refractivity contribution in [1.82, 2.24) is 10.3 Å². The van der Waals surface area contributed by atoms with Gasteiger partial charge < -0.3 is 5.32 Å². The van der Waals surface area contributed by atoms with E-state index in [2.05, 4.69) is 39.4 Å². The first-order valence-electron chi connectivity index (χ1n) is 3.98. The van der Waals surface area contributed by atoms with Crippen LogP contribution in [0.15, 0.2) is 41.7 Å². The Morgan fingerprint density at radius 3 is 2.87 bits per heavy atom. The zero-order chi connectivity index (χ0) is 11.4. The average Bonchev–Trinajstić information content (AvgIpc) is 2.21. The Balaban J connectivity index is 2.87. The summed E-state index contributed by atoms with van der Waals surface area (Å²) in [5.41, 5.74) is 0.834. The number of halogens is 2. The fourth-order valence-electron chi connectivity index (χ4n) is 0.814. The first-order chi connectivity index (χ1) is 7.04. The van der Waals surface area contributed by atoms with E-state index in [0.717, 1.165) is 0 Å². The Morgan fingerprint density at radius 2 is 2.33 bits per heavy atom. The van der Waals surface area contributed by atoms with Crippen LogP contribution in [0.25, 0.3) is 0 Å². The van der Waals surface area contributed by atoms with E-state index in [0.29, 0.717) is 20.9 Å². The van der Waals surface area contributed by atoms with Gasteiger partial charge in [0.1, 0.15) is 5.15 Å². The highest BCUT2D eigenvalue weighted by atomic mass is 79.9. The van der Waals surface area contributed by atoms with E-state index in [1.165, 1.54) is 12.3 Å². The van der Waals surface area contributed by atoms with E-state index >= 15 is 0 Å². The second kappa shape index (κ2) is 5.09. The average molecular weight is 288 g/mol. The molecular formula is C10H8BrClN2O. The highest BCUT2D eigenvalue weighted by Crippen LogP contribution is 2.20. The maximum atomic E-state index is 11.6. The van der Waals surface area contributed by atoms with Gasteiger partial charge in [-0.05, 0) is 28.1 Å². The molecule has 1 rings (SSSR count). The van der Waals surface area contributed by atoms with Gasteiger partial charge in [0, 0.05) is 11.9 Å². The summed E-state index contributed by atoms with van der Waals surface area (Å²) in [5.74, 6) is -0.301. The molecule has 1 aromatic rings. The topological polar surface area (TPSA) is 42.0 Å². The third-order valence-electron chi connectivity index (χ3n) is 1.58. The summed E-state index contributed by atoms with van der Waals surface area (Å²) in [6.07, 6.45) is 2.84. The van der Waals surface area contributed by atoms with Crippen molar-refractivity contribution in [3.8, 4) is 0 Å². The number of allylic oxidation sites excluding steroid dienone is 1. The lowest BCUT2D eigenvalue weighted by molar-refractivity contribution is 0.0967. The van der Waals surface area contributed by atoms with Crippen LogP contribution >= 0.6 is 27.5 Å². The molecule has 0 aliphatic carbocycles. The van der Waals surface area contributed by atoms with Crippen molar-refractivity contribution in [3.05, 3.63) is 52.4 Å². The minimum Gasteiger partial charge on any atom is -0.323 e. The molecule has 0 radical (unpaired) electrons. The molecule has 1 N–H and O–H groups in total. The third kappa shape index (κ3) is 3.18. The Morgan fingerprint density at radius 1 is 1.67 bits per heavy atom. The number of nitrogens with zero attached hydrogens (tertiary/aromatic N) is 1. The number of aromatic nitrogens is 1. The Bertz CT molecular complexity index is 431. The number of nitrogens with one attached hydrogen (secondary N) is 1. The van der Waals surface area contributed by atoms with Gasteiger partial charge in [-0.25, -0.2) is 4.98 Å². The lowest BCUT2D eigenvalue weighted by atomic mass is 10.2. The first kappa shape index (κ1) is 11.9. The summed E-state index contributed by atoms with van der Waals surface area (Å²) in [5, 5.41) is 2.85. The molecule has 1 aromatic heterocycles. The summed E-state index contributed by atoms with van der Waals surface area (Å²) in [4.78, 5) is 15.4. The maximum absolute atomic E-state index is 11.6. The molecule has 1 heterocycles. The van der Waals surface area contributed by atoms with Crippen molar-refractivity contribution in [3.63, 3.8) is 0 Å². The van der Waals surface area contributed by atoms with Gasteiger partial charge in [-0.1, -0.05) is 24.8 Å². The molecule has 0 atom stereocenters. The molecule has 15 heavy (non-hydrogen) atoms. The van der Waals surface area contributed by atoms with Crippen LogP contribution in [-0.4, -0.2) is 10.9 Å². The Kier molecular flexibility index (Phi) is 4.05. The number of pyridine rings is 1. The van der Waals surface area contributed by atoms with E-state index in [1.807, 2.05) is 0 Å². The lowest BCUT2D eigenvalue weighted by Gasteiger charge is -2.04. The van der Waals surface area contributed by atoms with Gasteiger partial charge in [-0.2, -0.15) is 0 Å². The highest BCUT2D eigenvalue weighted by Gasteiger charge is 2.08. The van der Waals surface area contributed by atoms with Crippen molar-refractivity contribution in [1.29, 1.82) is 0 Å². The van der Waals surface area contributed by atoms with Crippen molar-refractivity contribution in [2.75, 3.05) is 0 Å². The van der Waals surface area contributed by atoms with Gasteiger partial charge in [0.15, 0.2) is 0 Å². The van der Waals surface area contributed by atoms with Crippen LogP contribution in [0.1, 0.15) is 10.4 Å². The quantitative estimate of drug-likeness (QED) is 0.686. The number of carbonyl (C=O) groups excluding carboxylic acids is 1. The molecular weight excluding hydrogens is 279 g/mol. The molecule has 0 unspecified atom stereocenters. The molecule has 1 amide bonds. The second-order valence-electron chi connectivity index (χ2n) is 2.68. The minimum atomic E-state index is -0.301. The van der Waals surface area contributed by atoms with Crippen LogP contribution in [0.4, 0.5) is 0 Å². The van der Waals surface area contributed by atoms with Crippen molar-refractivity contribution in [2.24, 2.45) is 0 Å². The number of rotatable bonds is 3. The van der Waals surface area contributed by atoms with E-state index in [1.54, 1.807) is 6.07 Å². The zero-order valence-corrected chi connectivity index (χ0v) is 10.1. The van der Waals surface area contributed by atoms with Crippen LogP contribution in [0, 0.1) is 0 Å². The predicted molar refractivity (Wildman–Crippen MR) is 63.8 cm³/mol. The Hall–Kier alpha value is -1.13. The smallest absolute Gasteiger partial charge is 0.257 e. The van der Waals surface area contributed by atoms with Gasteiger partial charge >= 0.3 is 0 Å². The summed E-state index contributed by atoms with van der Waals surface area (Å²) in [7, 11) is 0. The van der Waals surface area contributed by atoms with Crippen LogP contribution in [0.3, 0.4) is 0 Å². The van der Waals surface area contributed by atoms with Gasteiger partial charge in [0.2, 0.25) is 0 Å². The third-order valence-corrected chi connectivity index (χ3v) is 2.71. The van der Waals surface area contributed by atoms with E-state index < -0.39 is 0 Å². The molecule has 3 nitrogen and oxygen atoms in total. The van der Waals surface area contributed by atoms with E-state index in [4.69, 9.17) is 11.6 Å². The number of amides is 1. The minimum absolute atomic E-state index is 0.301. The van der Waals surface area contributed by atoms with E-state index in [-0.39, 0.29) is 5.91 Å². The summed E-state index contributed by atoms with van der Waals surface area (Å²) >= 11 is 8.88. The molecule has 0 bridgehead atoms. The van der Waals surface area contributed by atoms with Crippen LogP contribution in [0.2, 0.25) is 5.15 Å². The second-order valence-corrected chi connectivity index (χ2v) is 3.89. The summed E-state index contributed by atoms with van der Waals surface area (Å²) in [6.45, 7) is 7.05. The fraction of sp³-hybridized carbons (Fsp3) is 0. The van der Waals surface area contributed by atoms with Gasteiger partial charge in [-0.15, -0.1) is 0 Å². The van der Waals surface area contributed by atoms with Crippen molar-refractivity contribution < 1.29 is 4.79 Å². The predicted octanol–water partition coefficient (Wildman–Crippen LogP) is 2.93. The molecule has 0 aromatic carbocycles.